The van der Waals surface area contributed by atoms with Gasteiger partial charge in [-0.3, -0.25) is 0 Å². The van der Waals surface area contributed by atoms with Gasteiger partial charge >= 0.3 is 0 Å². The van der Waals surface area contributed by atoms with Crippen molar-refractivity contribution < 1.29 is 5.11 Å². The van der Waals surface area contributed by atoms with E-state index in [9.17, 15) is 5.11 Å². The Bertz CT molecular complexity index is 411. The highest BCUT2D eigenvalue weighted by molar-refractivity contribution is 6.31. The van der Waals surface area contributed by atoms with Crippen LogP contribution >= 0.6 is 11.6 Å². The first-order valence-corrected chi connectivity index (χ1v) is 6.09. The number of pyridine rings is 1. The van der Waals surface area contributed by atoms with Gasteiger partial charge in [0.1, 0.15) is 5.82 Å². The Hall–Kier alpha value is -0.840. The SMILES string of the molecule is Cc1nc(N2C[C@H](O)[C@@H](N(C)C)C2)ccc1Cl. The second kappa shape index (κ2) is 4.80. The minimum atomic E-state index is -0.331. The number of aliphatic hydroxyl groups is 1. The molecule has 1 aromatic heterocycles. The standard InChI is InChI=1S/C12H18ClN3O/c1-8-9(13)4-5-12(14-8)16-6-10(15(2)3)11(17)7-16/h4-5,10-11,17H,6-7H2,1-3H3/t10-,11-/m0/s1. The Morgan fingerprint density at radius 3 is 2.65 bits per heavy atom. The van der Waals surface area contributed by atoms with Crippen LogP contribution in [0.15, 0.2) is 12.1 Å². The monoisotopic (exact) mass is 255 g/mol. The molecule has 1 aliphatic rings. The van der Waals surface area contributed by atoms with Crippen LogP contribution in [0.25, 0.3) is 0 Å². The number of aliphatic hydroxyl groups excluding tert-OH is 1. The molecule has 1 saturated heterocycles. The van der Waals surface area contributed by atoms with Gasteiger partial charge in [-0.15, -0.1) is 0 Å². The summed E-state index contributed by atoms with van der Waals surface area (Å²) < 4.78 is 0. The molecule has 0 unspecified atom stereocenters. The minimum Gasteiger partial charge on any atom is -0.390 e. The minimum absolute atomic E-state index is 0.160. The van der Waals surface area contributed by atoms with Gasteiger partial charge in [0.05, 0.1) is 22.9 Å². The Kier molecular flexibility index (Phi) is 3.56. The van der Waals surface area contributed by atoms with Gasteiger partial charge in [-0.1, -0.05) is 11.6 Å². The number of nitrogens with zero attached hydrogens (tertiary/aromatic N) is 3. The van der Waals surface area contributed by atoms with E-state index in [1.807, 2.05) is 38.1 Å². The van der Waals surface area contributed by atoms with Crippen molar-refractivity contribution in [2.75, 3.05) is 32.1 Å². The van der Waals surface area contributed by atoms with E-state index in [0.29, 0.717) is 11.6 Å². The van der Waals surface area contributed by atoms with Gasteiger partial charge in [0.25, 0.3) is 0 Å². The molecule has 17 heavy (non-hydrogen) atoms. The summed E-state index contributed by atoms with van der Waals surface area (Å²) in [4.78, 5) is 8.59. The van der Waals surface area contributed by atoms with Crippen molar-refractivity contribution in [3.05, 3.63) is 22.8 Å². The number of aryl methyl sites for hydroxylation is 1. The molecule has 1 N–H and O–H groups in total. The second-order valence-electron chi connectivity index (χ2n) is 4.74. The van der Waals surface area contributed by atoms with Gasteiger partial charge in [0.2, 0.25) is 0 Å². The highest BCUT2D eigenvalue weighted by atomic mass is 35.5. The molecule has 0 bridgehead atoms. The fourth-order valence-electron chi connectivity index (χ4n) is 2.17. The molecular formula is C12H18ClN3O. The molecule has 0 amide bonds. The number of likely N-dealkylation sites (N-methyl/N-ethyl adjacent to an activating group) is 1. The van der Waals surface area contributed by atoms with Gasteiger partial charge in [-0.2, -0.15) is 0 Å². The van der Waals surface area contributed by atoms with Crippen LogP contribution in [0.2, 0.25) is 5.02 Å². The summed E-state index contributed by atoms with van der Waals surface area (Å²) in [5.74, 6) is 0.885. The highest BCUT2D eigenvalue weighted by Crippen LogP contribution is 2.23. The molecule has 2 heterocycles. The van der Waals surface area contributed by atoms with E-state index in [4.69, 9.17) is 11.6 Å². The summed E-state index contributed by atoms with van der Waals surface area (Å²) >= 11 is 5.96. The average Bonchev–Trinajstić information content (AvgIpc) is 2.64. The van der Waals surface area contributed by atoms with Crippen LogP contribution in [0.1, 0.15) is 5.69 Å². The predicted octanol–water partition coefficient (Wildman–Crippen LogP) is 1.15. The van der Waals surface area contributed by atoms with Crippen LogP contribution in [0, 0.1) is 6.92 Å². The van der Waals surface area contributed by atoms with E-state index >= 15 is 0 Å². The molecule has 1 fully saturated rings. The maximum absolute atomic E-state index is 9.98. The fraction of sp³-hybridized carbons (Fsp3) is 0.583. The zero-order valence-corrected chi connectivity index (χ0v) is 11.1. The summed E-state index contributed by atoms with van der Waals surface area (Å²) in [6.45, 7) is 3.31. The van der Waals surface area contributed by atoms with E-state index in [0.717, 1.165) is 18.1 Å². The lowest BCUT2D eigenvalue weighted by molar-refractivity contribution is 0.114. The third kappa shape index (κ3) is 2.54. The number of hydrogen-bond donors (Lipinski definition) is 1. The fourth-order valence-corrected chi connectivity index (χ4v) is 2.28. The van der Waals surface area contributed by atoms with Crippen LogP contribution < -0.4 is 4.90 Å². The molecule has 2 atom stereocenters. The van der Waals surface area contributed by atoms with Crippen molar-refractivity contribution >= 4 is 17.4 Å². The largest absolute Gasteiger partial charge is 0.390 e. The Morgan fingerprint density at radius 2 is 2.12 bits per heavy atom. The summed E-state index contributed by atoms with van der Waals surface area (Å²) in [6, 6.07) is 3.92. The van der Waals surface area contributed by atoms with E-state index in [2.05, 4.69) is 9.88 Å². The Morgan fingerprint density at radius 1 is 1.41 bits per heavy atom. The van der Waals surface area contributed by atoms with Gasteiger partial charge in [-0.05, 0) is 33.2 Å². The summed E-state index contributed by atoms with van der Waals surface area (Å²) in [5.41, 5.74) is 0.826. The highest BCUT2D eigenvalue weighted by Gasteiger charge is 2.33. The molecule has 0 aromatic carbocycles. The Labute approximate surface area is 107 Å². The maximum Gasteiger partial charge on any atom is 0.129 e. The van der Waals surface area contributed by atoms with Crippen molar-refractivity contribution in [3.8, 4) is 0 Å². The molecule has 0 aliphatic carbocycles. The van der Waals surface area contributed by atoms with E-state index < -0.39 is 0 Å². The van der Waals surface area contributed by atoms with Gasteiger partial charge in [0, 0.05) is 13.1 Å². The van der Waals surface area contributed by atoms with E-state index in [-0.39, 0.29) is 12.1 Å². The third-order valence-corrected chi connectivity index (χ3v) is 3.65. The number of aromatic nitrogens is 1. The van der Waals surface area contributed by atoms with Crippen LogP contribution in [0.4, 0.5) is 5.82 Å². The number of hydrogen-bond acceptors (Lipinski definition) is 4. The van der Waals surface area contributed by atoms with Crippen molar-refractivity contribution in [2.45, 2.75) is 19.1 Å². The molecule has 2 rings (SSSR count). The molecule has 0 spiro atoms. The van der Waals surface area contributed by atoms with E-state index in [1.165, 1.54) is 0 Å². The molecule has 1 aliphatic heterocycles. The average molecular weight is 256 g/mol. The van der Waals surface area contributed by atoms with Gasteiger partial charge < -0.3 is 14.9 Å². The molecule has 4 nitrogen and oxygen atoms in total. The summed E-state index contributed by atoms with van der Waals surface area (Å²) in [6.07, 6.45) is -0.331. The van der Waals surface area contributed by atoms with E-state index in [1.54, 1.807) is 0 Å². The third-order valence-electron chi connectivity index (χ3n) is 3.25. The zero-order chi connectivity index (χ0) is 12.6. The lowest BCUT2D eigenvalue weighted by atomic mass is 10.2. The lowest BCUT2D eigenvalue weighted by Crippen LogP contribution is -2.38. The van der Waals surface area contributed by atoms with Crippen LogP contribution in [0.5, 0.6) is 0 Å². The maximum atomic E-state index is 9.98. The summed E-state index contributed by atoms with van der Waals surface area (Å²) in [5, 5.41) is 10.7. The first kappa shape index (κ1) is 12.6. The molecular weight excluding hydrogens is 238 g/mol. The van der Waals surface area contributed by atoms with Crippen molar-refractivity contribution in [2.24, 2.45) is 0 Å². The number of rotatable bonds is 2. The van der Waals surface area contributed by atoms with Crippen molar-refractivity contribution in [1.29, 1.82) is 0 Å². The topological polar surface area (TPSA) is 39.6 Å². The first-order valence-electron chi connectivity index (χ1n) is 5.71. The summed E-state index contributed by atoms with van der Waals surface area (Å²) in [7, 11) is 3.97. The molecule has 0 saturated carbocycles. The van der Waals surface area contributed by atoms with Gasteiger partial charge in [-0.25, -0.2) is 4.98 Å². The zero-order valence-electron chi connectivity index (χ0n) is 10.4. The smallest absolute Gasteiger partial charge is 0.129 e. The van der Waals surface area contributed by atoms with Crippen molar-refractivity contribution in [3.63, 3.8) is 0 Å². The van der Waals surface area contributed by atoms with Crippen LogP contribution in [-0.4, -0.2) is 54.3 Å². The number of β-amino-alcohol motifs (C(OH)–C–C–N with tert-alkyl or cyclic N) is 1. The number of halogens is 1. The molecule has 1 aromatic rings. The Balaban J connectivity index is 2.17. The van der Waals surface area contributed by atoms with Crippen molar-refractivity contribution in [1.82, 2.24) is 9.88 Å². The second-order valence-corrected chi connectivity index (χ2v) is 5.15. The number of anilines is 1. The molecule has 0 radical (unpaired) electrons. The molecule has 5 heteroatoms. The quantitative estimate of drug-likeness (QED) is 0.861. The molecule has 94 valence electrons. The predicted molar refractivity (Wildman–Crippen MR) is 69.7 cm³/mol. The lowest BCUT2D eigenvalue weighted by Gasteiger charge is -2.22. The first-order chi connectivity index (χ1) is 7.99. The van der Waals surface area contributed by atoms with Crippen LogP contribution in [0.3, 0.4) is 0 Å². The normalized spacial score (nSPS) is 24.7. The van der Waals surface area contributed by atoms with Gasteiger partial charge in [0.15, 0.2) is 0 Å². The van der Waals surface area contributed by atoms with Crippen LogP contribution in [-0.2, 0) is 0 Å².